The molecule has 0 unspecified atom stereocenters. The summed E-state index contributed by atoms with van der Waals surface area (Å²) in [5.41, 5.74) is 10.5. The van der Waals surface area contributed by atoms with Gasteiger partial charge in [0, 0.05) is 39.4 Å². The van der Waals surface area contributed by atoms with Crippen LogP contribution in [0.3, 0.4) is 0 Å². The number of rotatable bonds is 4. The zero-order valence-corrected chi connectivity index (χ0v) is 22.2. The topological polar surface area (TPSA) is 64.5 Å². The quantitative estimate of drug-likeness (QED) is 0.221. The lowest BCUT2D eigenvalue weighted by Gasteiger charge is -2.11. The number of benzene rings is 3. The highest BCUT2D eigenvalue weighted by atomic mass is 14.9. The maximum atomic E-state index is 5.09. The van der Waals surface area contributed by atoms with Gasteiger partial charge in [-0.1, -0.05) is 78.9 Å². The molecule has 5 heteroatoms. The Morgan fingerprint density at radius 1 is 0.475 bits per heavy atom. The molecular weight excluding hydrogens is 490 g/mol. The van der Waals surface area contributed by atoms with Crippen LogP contribution in [0.15, 0.2) is 115 Å². The van der Waals surface area contributed by atoms with Crippen LogP contribution in [0.25, 0.3) is 67.1 Å². The monoisotopic (exact) mass is 515 g/mol. The first kappa shape index (κ1) is 23.8. The van der Waals surface area contributed by atoms with E-state index in [1.54, 1.807) is 6.20 Å². The molecule has 40 heavy (non-hydrogen) atoms. The minimum absolute atomic E-state index is 0.600. The van der Waals surface area contributed by atoms with Crippen molar-refractivity contribution in [1.29, 1.82) is 0 Å². The molecule has 0 saturated carbocycles. The van der Waals surface area contributed by atoms with Crippen LogP contribution < -0.4 is 0 Å². The van der Waals surface area contributed by atoms with Crippen LogP contribution in [-0.2, 0) is 0 Å². The van der Waals surface area contributed by atoms with Crippen molar-refractivity contribution < 1.29 is 0 Å². The minimum atomic E-state index is 0.600. The van der Waals surface area contributed by atoms with Gasteiger partial charge in [-0.25, -0.2) is 15.0 Å². The van der Waals surface area contributed by atoms with Crippen molar-refractivity contribution in [3.05, 3.63) is 127 Å². The minimum Gasteiger partial charge on any atom is -0.253 e. The molecule has 0 aliphatic carbocycles. The molecule has 3 aromatic carbocycles. The molecule has 0 bridgehead atoms. The lowest BCUT2D eigenvalue weighted by molar-refractivity contribution is 1.15. The molecule has 0 aliphatic heterocycles. The molecule has 0 aliphatic rings. The molecule has 0 atom stereocenters. The first-order chi connectivity index (χ1) is 19.6. The predicted molar refractivity (Wildman–Crippen MR) is 162 cm³/mol. The van der Waals surface area contributed by atoms with Crippen LogP contribution in [0.4, 0.5) is 0 Å². The summed E-state index contributed by atoms with van der Waals surface area (Å²) >= 11 is 0. The highest BCUT2D eigenvalue weighted by Gasteiger charge is 2.13. The van der Waals surface area contributed by atoms with Gasteiger partial charge >= 0.3 is 0 Å². The second-order valence-corrected chi connectivity index (χ2v) is 9.93. The van der Waals surface area contributed by atoms with Gasteiger partial charge in [0.1, 0.15) is 5.69 Å². The molecule has 5 nitrogen and oxygen atoms in total. The van der Waals surface area contributed by atoms with E-state index in [0.717, 1.165) is 67.0 Å². The normalized spacial score (nSPS) is 11.2. The summed E-state index contributed by atoms with van der Waals surface area (Å²) in [6, 6.07) is 37.0. The van der Waals surface area contributed by atoms with Crippen molar-refractivity contribution in [3.8, 4) is 45.3 Å². The van der Waals surface area contributed by atoms with Gasteiger partial charge < -0.3 is 0 Å². The van der Waals surface area contributed by atoms with Crippen molar-refractivity contribution in [2.45, 2.75) is 13.8 Å². The number of fused-ring (bicyclic) bond motifs is 3. The molecular formula is C35H25N5. The van der Waals surface area contributed by atoms with Gasteiger partial charge in [0.2, 0.25) is 0 Å². The van der Waals surface area contributed by atoms with Gasteiger partial charge in [0.05, 0.1) is 28.1 Å². The summed E-state index contributed by atoms with van der Waals surface area (Å²) in [5.74, 6) is 0.600. The van der Waals surface area contributed by atoms with E-state index in [0.29, 0.717) is 5.82 Å². The van der Waals surface area contributed by atoms with Gasteiger partial charge in [-0.3, -0.25) is 9.97 Å². The fourth-order valence-corrected chi connectivity index (χ4v) is 5.06. The van der Waals surface area contributed by atoms with Crippen molar-refractivity contribution >= 4 is 21.8 Å². The molecule has 0 N–H and O–H groups in total. The first-order valence-electron chi connectivity index (χ1n) is 13.3. The van der Waals surface area contributed by atoms with Crippen molar-refractivity contribution in [1.82, 2.24) is 24.9 Å². The number of aromatic nitrogens is 5. The highest BCUT2D eigenvalue weighted by Crippen LogP contribution is 2.31. The molecule has 0 saturated heterocycles. The maximum Gasteiger partial charge on any atom is 0.179 e. The average molecular weight is 516 g/mol. The summed E-state index contributed by atoms with van der Waals surface area (Å²) in [5, 5.41) is 2.22. The van der Waals surface area contributed by atoms with E-state index in [1.807, 2.05) is 55.5 Å². The van der Waals surface area contributed by atoms with Crippen LogP contribution in [0.1, 0.15) is 11.3 Å². The van der Waals surface area contributed by atoms with E-state index in [9.17, 15) is 0 Å². The largest absolute Gasteiger partial charge is 0.253 e. The Hall–Kier alpha value is -5.29. The van der Waals surface area contributed by atoms with E-state index in [-0.39, 0.29) is 0 Å². The van der Waals surface area contributed by atoms with Crippen LogP contribution in [0.2, 0.25) is 0 Å². The third-order valence-electron chi connectivity index (χ3n) is 7.15. The summed E-state index contributed by atoms with van der Waals surface area (Å²) in [4.78, 5) is 24.1. The lowest BCUT2D eigenvalue weighted by Crippen LogP contribution is -1.97. The number of hydrogen-bond acceptors (Lipinski definition) is 5. The molecule has 7 rings (SSSR count). The molecule has 0 radical (unpaired) electrons. The zero-order chi connectivity index (χ0) is 27.1. The van der Waals surface area contributed by atoms with Gasteiger partial charge in [-0.05, 0) is 49.7 Å². The van der Waals surface area contributed by atoms with E-state index in [2.05, 4.69) is 72.6 Å². The molecule has 4 aromatic heterocycles. The molecule has 7 aromatic rings. The molecule has 0 fully saturated rings. The Bertz CT molecular complexity index is 1940. The van der Waals surface area contributed by atoms with E-state index >= 15 is 0 Å². The molecule has 0 spiro atoms. The predicted octanol–water partition coefficient (Wildman–Crippen LogP) is 8.25. The third-order valence-corrected chi connectivity index (χ3v) is 7.15. The summed E-state index contributed by atoms with van der Waals surface area (Å²) in [6.07, 6.45) is 1.76. The second kappa shape index (κ2) is 9.79. The fourth-order valence-electron chi connectivity index (χ4n) is 5.06. The molecule has 190 valence electrons. The smallest absolute Gasteiger partial charge is 0.179 e. The van der Waals surface area contributed by atoms with Gasteiger partial charge in [-0.2, -0.15) is 0 Å². The fraction of sp³-hybridized carbons (Fsp3) is 0.0571. The molecule has 4 heterocycles. The van der Waals surface area contributed by atoms with Crippen molar-refractivity contribution in [2.24, 2.45) is 0 Å². The maximum absolute atomic E-state index is 5.09. The Morgan fingerprint density at radius 2 is 1.12 bits per heavy atom. The van der Waals surface area contributed by atoms with Crippen LogP contribution in [0, 0.1) is 13.8 Å². The van der Waals surface area contributed by atoms with E-state index < -0.39 is 0 Å². The number of nitrogens with zero attached hydrogens (tertiary/aromatic N) is 5. The number of aryl methyl sites for hydroxylation is 2. The first-order valence-corrected chi connectivity index (χ1v) is 13.3. The average Bonchev–Trinajstić information content (AvgIpc) is 3.01. The standard InChI is InChI=1S/C35H25N5/c1-22-20-30(38-34-28(22)18-17-27-12-11-23(2)37-33(27)34)25-13-15-26(16-14-25)32-21-31(24-8-4-3-5-9-24)39-35(40-32)29-10-6-7-19-36-29/h3-21H,1-2H3. The summed E-state index contributed by atoms with van der Waals surface area (Å²) < 4.78 is 0. The van der Waals surface area contributed by atoms with Crippen molar-refractivity contribution in [2.75, 3.05) is 0 Å². The Morgan fingerprint density at radius 3 is 1.82 bits per heavy atom. The number of pyridine rings is 3. The van der Waals surface area contributed by atoms with Gasteiger partial charge in [0.25, 0.3) is 0 Å². The van der Waals surface area contributed by atoms with Crippen LogP contribution >= 0.6 is 0 Å². The lowest BCUT2D eigenvalue weighted by atomic mass is 10.0. The second-order valence-electron chi connectivity index (χ2n) is 9.93. The van der Waals surface area contributed by atoms with E-state index in [1.165, 1.54) is 5.56 Å². The van der Waals surface area contributed by atoms with Crippen LogP contribution in [0.5, 0.6) is 0 Å². The van der Waals surface area contributed by atoms with Gasteiger partial charge in [0.15, 0.2) is 5.82 Å². The van der Waals surface area contributed by atoms with Crippen LogP contribution in [-0.4, -0.2) is 24.9 Å². The SMILES string of the molecule is Cc1ccc2ccc3c(C)cc(-c4ccc(-c5cc(-c6ccccc6)nc(-c6ccccn6)n5)cc4)nc3c2n1. The van der Waals surface area contributed by atoms with Crippen molar-refractivity contribution in [3.63, 3.8) is 0 Å². The Labute approximate surface area is 232 Å². The van der Waals surface area contributed by atoms with E-state index in [4.69, 9.17) is 19.9 Å². The summed E-state index contributed by atoms with van der Waals surface area (Å²) in [6.45, 7) is 4.15. The molecule has 0 amide bonds. The Kier molecular flexibility index (Phi) is 5.82. The Balaban J connectivity index is 1.32. The summed E-state index contributed by atoms with van der Waals surface area (Å²) in [7, 11) is 0. The van der Waals surface area contributed by atoms with Gasteiger partial charge in [-0.15, -0.1) is 0 Å². The number of hydrogen-bond donors (Lipinski definition) is 0. The zero-order valence-electron chi connectivity index (χ0n) is 22.2. The third kappa shape index (κ3) is 4.37. The highest BCUT2D eigenvalue weighted by molar-refractivity contribution is 6.04.